The number of halogens is 4. The molecule has 0 unspecified atom stereocenters. The van der Waals surface area contributed by atoms with Crippen LogP contribution in [0.2, 0.25) is 5.02 Å². The first kappa shape index (κ1) is 13.2. The highest BCUT2D eigenvalue weighted by Crippen LogP contribution is 2.44. The molecule has 1 N–H and O–H groups in total. The predicted molar refractivity (Wildman–Crippen MR) is 59.1 cm³/mol. The molecule has 0 heterocycles. The summed E-state index contributed by atoms with van der Waals surface area (Å²) >= 11 is 5.25. The molecule has 0 amide bonds. The monoisotopic (exact) mass is 278 g/mol. The van der Waals surface area contributed by atoms with Gasteiger partial charge in [0.2, 0.25) is 0 Å². The molecular weight excluding hydrogens is 269 g/mol. The van der Waals surface area contributed by atoms with Crippen LogP contribution in [0.5, 0.6) is 0 Å². The van der Waals surface area contributed by atoms with E-state index in [9.17, 15) is 23.1 Å². The largest absolute Gasteiger partial charge is 0.481 e. The third-order valence-corrected chi connectivity index (χ3v) is 3.83. The van der Waals surface area contributed by atoms with E-state index in [1.807, 2.05) is 0 Å². The minimum atomic E-state index is -1.55. The molecule has 1 aliphatic carbocycles. The lowest BCUT2D eigenvalue weighted by atomic mass is 9.78. The molecule has 0 aliphatic heterocycles. The van der Waals surface area contributed by atoms with Gasteiger partial charge >= 0.3 is 5.97 Å². The molecule has 1 aromatic carbocycles. The van der Waals surface area contributed by atoms with Crippen LogP contribution in [0.1, 0.15) is 31.2 Å². The fraction of sp³-hybridized carbons (Fsp3) is 0.417. The SMILES string of the molecule is O=C(O)C1(c2cc(F)c(Cl)c(F)c2F)CCCC1. The van der Waals surface area contributed by atoms with Gasteiger partial charge in [0, 0.05) is 5.56 Å². The van der Waals surface area contributed by atoms with Gasteiger partial charge < -0.3 is 5.11 Å². The summed E-state index contributed by atoms with van der Waals surface area (Å²) in [5.41, 5.74) is -2.00. The Morgan fingerprint density at radius 2 is 1.78 bits per heavy atom. The van der Waals surface area contributed by atoms with Crippen LogP contribution in [0.25, 0.3) is 0 Å². The summed E-state index contributed by atoms with van der Waals surface area (Å²) < 4.78 is 40.6. The van der Waals surface area contributed by atoms with Crippen LogP contribution in [0.15, 0.2) is 6.07 Å². The lowest BCUT2D eigenvalue weighted by Crippen LogP contribution is -2.34. The Kier molecular flexibility index (Phi) is 3.27. The van der Waals surface area contributed by atoms with Gasteiger partial charge in [-0.15, -0.1) is 0 Å². The molecule has 2 rings (SSSR count). The summed E-state index contributed by atoms with van der Waals surface area (Å²) in [5, 5.41) is 8.30. The van der Waals surface area contributed by atoms with Gasteiger partial charge in [0.15, 0.2) is 11.6 Å². The third kappa shape index (κ3) is 1.77. The van der Waals surface area contributed by atoms with Crippen molar-refractivity contribution in [3.05, 3.63) is 34.1 Å². The van der Waals surface area contributed by atoms with Crippen molar-refractivity contribution in [2.75, 3.05) is 0 Å². The average molecular weight is 279 g/mol. The van der Waals surface area contributed by atoms with E-state index >= 15 is 0 Å². The van der Waals surface area contributed by atoms with Crippen molar-refractivity contribution < 1.29 is 23.1 Å². The van der Waals surface area contributed by atoms with E-state index in [0.717, 1.165) is 0 Å². The zero-order valence-corrected chi connectivity index (χ0v) is 10.0. The molecule has 1 saturated carbocycles. The smallest absolute Gasteiger partial charge is 0.314 e. The van der Waals surface area contributed by atoms with Crippen LogP contribution in [-0.2, 0) is 10.2 Å². The summed E-state index contributed by atoms with van der Waals surface area (Å²) in [5.74, 6) is -5.30. The predicted octanol–water partition coefficient (Wildman–Crippen LogP) is 3.65. The molecule has 0 atom stereocenters. The Balaban J connectivity index is 2.67. The molecule has 2 nitrogen and oxygen atoms in total. The fourth-order valence-corrected chi connectivity index (χ4v) is 2.64. The van der Waals surface area contributed by atoms with Crippen molar-refractivity contribution in [1.82, 2.24) is 0 Å². The van der Waals surface area contributed by atoms with E-state index in [1.165, 1.54) is 0 Å². The molecule has 0 bridgehead atoms. The maximum absolute atomic E-state index is 13.8. The first-order valence-corrected chi connectivity index (χ1v) is 5.85. The zero-order valence-electron chi connectivity index (χ0n) is 9.27. The van der Waals surface area contributed by atoms with E-state index in [0.29, 0.717) is 18.9 Å². The highest BCUT2D eigenvalue weighted by Gasteiger charge is 2.46. The molecular formula is C12H10ClF3O2. The second-order valence-electron chi connectivity index (χ2n) is 4.44. The number of benzene rings is 1. The van der Waals surface area contributed by atoms with Gasteiger partial charge in [0.05, 0.1) is 5.41 Å². The number of hydrogen-bond acceptors (Lipinski definition) is 1. The molecule has 0 radical (unpaired) electrons. The first-order chi connectivity index (χ1) is 8.40. The van der Waals surface area contributed by atoms with E-state index < -0.39 is 39.4 Å². The Morgan fingerprint density at radius 3 is 2.28 bits per heavy atom. The zero-order chi connectivity index (χ0) is 13.5. The molecule has 18 heavy (non-hydrogen) atoms. The Labute approximate surface area is 106 Å². The van der Waals surface area contributed by atoms with Gasteiger partial charge in [0.1, 0.15) is 10.8 Å². The summed E-state index contributed by atoms with van der Waals surface area (Å²) in [6.45, 7) is 0. The van der Waals surface area contributed by atoms with Gasteiger partial charge in [-0.3, -0.25) is 4.79 Å². The molecule has 1 fully saturated rings. The van der Waals surface area contributed by atoms with Crippen LogP contribution < -0.4 is 0 Å². The molecule has 0 aromatic heterocycles. The highest BCUT2D eigenvalue weighted by atomic mass is 35.5. The van der Waals surface area contributed by atoms with Crippen molar-refractivity contribution in [2.45, 2.75) is 31.1 Å². The van der Waals surface area contributed by atoms with E-state index in [-0.39, 0.29) is 12.8 Å². The van der Waals surface area contributed by atoms with Crippen molar-refractivity contribution in [2.24, 2.45) is 0 Å². The van der Waals surface area contributed by atoms with Crippen molar-refractivity contribution in [1.29, 1.82) is 0 Å². The van der Waals surface area contributed by atoms with Gasteiger partial charge in [-0.05, 0) is 18.9 Å². The molecule has 6 heteroatoms. The maximum atomic E-state index is 13.8. The third-order valence-electron chi connectivity index (χ3n) is 3.48. The van der Waals surface area contributed by atoms with Crippen LogP contribution in [-0.4, -0.2) is 11.1 Å². The highest BCUT2D eigenvalue weighted by molar-refractivity contribution is 6.30. The second kappa shape index (κ2) is 4.46. The quantitative estimate of drug-likeness (QED) is 0.662. The van der Waals surface area contributed by atoms with Gasteiger partial charge in [-0.1, -0.05) is 24.4 Å². The number of rotatable bonds is 2. The lowest BCUT2D eigenvalue weighted by Gasteiger charge is -2.25. The van der Waals surface area contributed by atoms with Gasteiger partial charge in [0.25, 0.3) is 0 Å². The van der Waals surface area contributed by atoms with Crippen molar-refractivity contribution in [3.63, 3.8) is 0 Å². The summed E-state index contributed by atoms with van der Waals surface area (Å²) in [6.07, 6.45) is 1.49. The lowest BCUT2D eigenvalue weighted by molar-refractivity contribution is -0.143. The number of carboxylic acid groups (broad SMARTS) is 1. The molecule has 1 aliphatic rings. The van der Waals surface area contributed by atoms with E-state index in [4.69, 9.17) is 11.6 Å². The van der Waals surface area contributed by atoms with Crippen molar-refractivity contribution >= 4 is 17.6 Å². The van der Waals surface area contributed by atoms with Crippen LogP contribution in [0.4, 0.5) is 13.2 Å². The topological polar surface area (TPSA) is 37.3 Å². The first-order valence-electron chi connectivity index (χ1n) is 5.47. The molecule has 0 spiro atoms. The average Bonchev–Trinajstić information content (AvgIpc) is 2.81. The fourth-order valence-electron chi connectivity index (χ4n) is 2.50. The summed E-state index contributed by atoms with van der Waals surface area (Å²) in [7, 11) is 0. The van der Waals surface area contributed by atoms with Gasteiger partial charge in [-0.25, -0.2) is 13.2 Å². The summed E-state index contributed by atoms with van der Waals surface area (Å²) in [4.78, 5) is 11.3. The van der Waals surface area contributed by atoms with Crippen LogP contribution in [0.3, 0.4) is 0 Å². The number of aliphatic carboxylic acids is 1. The van der Waals surface area contributed by atoms with E-state index in [1.54, 1.807) is 0 Å². The standard InChI is InChI=1S/C12H10ClF3O2/c13-8-7(14)5-6(9(15)10(8)16)12(11(17)18)3-1-2-4-12/h5H,1-4H2,(H,17,18). The normalized spacial score (nSPS) is 18.0. The number of carboxylic acids is 1. The summed E-state index contributed by atoms with van der Waals surface area (Å²) in [6, 6.07) is 0.695. The van der Waals surface area contributed by atoms with Crippen LogP contribution in [0, 0.1) is 17.5 Å². The van der Waals surface area contributed by atoms with Crippen LogP contribution >= 0.6 is 11.6 Å². The van der Waals surface area contributed by atoms with E-state index in [2.05, 4.69) is 0 Å². The number of hydrogen-bond donors (Lipinski definition) is 1. The minimum absolute atomic E-state index is 0.166. The molecule has 0 saturated heterocycles. The molecule has 1 aromatic rings. The number of carbonyl (C=O) groups is 1. The minimum Gasteiger partial charge on any atom is -0.481 e. The Bertz CT molecular complexity index is 511. The Morgan fingerprint density at radius 1 is 1.22 bits per heavy atom. The second-order valence-corrected chi connectivity index (χ2v) is 4.82. The molecule has 98 valence electrons. The van der Waals surface area contributed by atoms with Crippen molar-refractivity contribution in [3.8, 4) is 0 Å². The maximum Gasteiger partial charge on any atom is 0.314 e. The van der Waals surface area contributed by atoms with Gasteiger partial charge in [-0.2, -0.15) is 0 Å². The Hall–Kier alpha value is -1.23.